The highest BCUT2D eigenvalue weighted by molar-refractivity contribution is 4.99. The van der Waals surface area contributed by atoms with Gasteiger partial charge in [0, 0.05) is 12.1 Å². The lowest BCUT2D eigenvalue weighted by molar-refractivity contribution is 0.376. The second-order valence-electron chi connectivity index (χ2n) is 5.48. The fraction of sp³-hybridized carbons (Fsp3) is 0.917. The largest absolute Gasteiger partial charge is 0.311 e. The molecule has 1 unspecified atom stereocenters. The zero-order chi connectivity index (χ0) is 9.31. The average Bonchev–Trinajstić information content (AvgIpc) is 2.61. The molecule has 0 aromatic carbocycles. The van der Waals surface area contributed by atoms with Gasteiger partial charge < -0.3 is 5.32 Å². The summed E-state index contributed by atoms with van der Waals surface area (Å²) in [6.45, 7) is 4.70. The third-order valence-corrected chi connectivity index (χ3v) is 3.55. The first-order chi connectivity index (χ1) is 6.16. The summed E-state index contributed by atoms with van der Waals surface area (Å²) in [5, 5.41) is 3.80. The molecule has 0 spiro atoms. The number of nitrogens with one attached hydrogen (secondary N) is 1. The maximum absolute atomic E-state index is 3.80. The first kappa shape index (κ1) is 9.51. The van der Waals surface area contributed by atoms with Crippen LogP contribution in [-0.2, 0) is 0 Å². The Morgan fingerprint density at radius 1 is 1.15 bits per heavy atom. The highest BCUT2D eigenvalue weighted by Gasteiger charge is 2.32. The van der Waals surface area contributed by atoms with E-state index in [0.717, 1.165) is 12.1 Å². The smallest absolute Gasteiger partial charge is 0.00777 e. The van der Waals surface area contributed by atoms with E-state index in [-0.39, 0.29) is 0 Å². The Kier molecular flexibility index (Phi) is 2.64. The van der Waals surface area contributed by atoms with E-state index in [9.17, 15) is 0 Å². The lowest BCUT2D eigenvalue weighted by Gasteiger charge is -2.20. The minimum atomic E-state index is 0.482. The predicted octanol–water partition coefficient (Wildman–Crippen LogP) is 2.91. The van der Waals surface area contributed by atoms with Crippen LogP contribution in [-0.4, -0.2) is 12.1 Å². The normalized spacial score (nSPS) is 34.2. The summed E-state index contributed by atoms with van der Waals surface area (Å²) >= 11 is 0. The summed E-state index contributed by atoms with van der Waals surface area (Å²) in [5.41, 5.74) is 0.482. The molecule has 1 radical (unpaired) electrons. The summed E-state index contributed by atoms with van der Waals surface area (Å²) in [6.07, 6.45) is 10.8. The highest BCUT2D eigenvalue weighted by Crippen LogP contribution is 2.36. The molecule has 0 aliphatic heterocycles. The van der Waals surface area contributed by atoms with Crippen LogP contribution in [0.5, 0.6) is 0 Å². The zero-order valence-corrected chi connectivity index (χ0v) is 8.97. The molecule has 2 aliphatic rings. The van der Waals surface area contributed by atoms with Crippen LogP contribution >= 0.6 is 0 Å². The van der Waals surface area contributed by atoms with Crippen molar-refractivity contribution in [3.05, 3.63) is 6.42 Å². The predicted molar refractivity (Wildman–Crippen MR) is 56.5 cm³/mol. The topological polar surface area (TPSA) is 12.0 Å². The van der Waals surface area contributed by atoms with Crippen molar-refractivity contribution in [3.8, 4) is 0 Å². The molecular weight excluding hydrogens is 158 g/mol. The highest BCUT2D eigenvalue weighted by atomic mass is 15.0. The van der Waals surface area contributed by atoms with Crippen molar-refractivity contribution < 1.29 is 0 Å². The van der Waals surface area contributed by atoms with Gasteiger partial charge in [-0.25, -0.2) is 0 Å². The van der Waals surface area contributed by atoms with Crippen LogP contribution in [0, 0.1) is 11.8 Å². The molecule has 0 saturated heterocycles. The van der Waals surface area contributed by atoms with E-state index >= 15 is 0 Å². The van der Waals surface area contributed by atoms with Crippen molar-refractivity contribution in [2.24, 2.45) is 5.41 Å². The minimum Gasteiger partial charge on any atom is -0.311 e. The Balaban J connectivity index is 1.77. The second kappa shape index (κ2) is 3.61. The molecule has 0 bridgehead atoms. The van der Waals surface area contributed by atoms with Gasteiger partial charge in [-0.3, -0.25) is 0 Å². The summed E-state index contributed by atoms with van der Waals surface area (Å²) in [4.78, 5) is 0. The molecule has 1 N–H and O–H groups in total. The Bertz CT molecular complexity index is 168. The molecule has 2 aliphatic carbocycles. The lowest BCUT2D eigenvalue weighted by Crippen LogP contribution is -2.35. The van der Waals surface area contributed by atoms with E-state index in [1.165, 1.54) is 38.5 Å². The van der Waals surface area contributed by atoms with E-state index in [0.29, 0.717) is 5.41 Å². The van der Waals surface area contributed by atoms with E-state index in [4.69, 9.17) is 0 Å². The van der Waals surface area contributed by atoms with Gasteiger partial charge in [-0.15, -0.1) is 0 Å². The molecule has 0 heterocycles. The van der Waals surface area contributed by atoms with Gasteiger partial charge in [0.25, 0.3) is 0 Å². The molecule has 2 fully saturated rings. The summed E-state index contributed by atoms with van der Waals surface area (Å²) in [7, 11) is 0. The maximum atomic E-state index is 3.80. The van der Waals surface area contributed by atoms with E-state index in [1.54, 1.807) is 0 Å². The lowest BCUT2D eigenvalue weighted by atomic mass is 9.92. The Morgan fingerprint density at radius 2 is 1.85 bits per heavy atom. The minimum absolute atomic E-state index is 0.482. The fourth-order valence-corrected chi connectivity index (χ4v) is 2.82. The molecule has 1 heteroatoms. The standard InChI is InChI=1S/C12H22N/c1-12(2)8-7-11(9-12)13-10-5-3-4-6-10/h8,10-11,13H,3-7,9H2,1-2H3. The monoisotopic (exact) mass is 180 g/mol. The van der Waals surface area contributed by atoms with Gasteiger partial charge in [0.2, 0.25) is 0 Å². The quantitative estimate of drug-likeness (QED) is 0.689. The van der Waals surface area contributed by atoms with Gasteiger partial charge >= 0.3 is 0 Å². The van der Waals surface area contributed by atoms with Crippen molar-refractivity contribution in [2.75, 3.05) is 0 Å². The SMILES string of the molecule is CC1(C)[CH]CC(NC2CCCC2)C1. The van der Waals surface area contributed by atoms with Crippen molar-refractivity contribution >= 4 is 0 Å². The molecule has 0 amide bonds. The number of hydrogen-bond donors (Lipinski definition) is 1. The van der Waals surface area contributed by atoms with Crippen LogP contribution in [0.4, 0.5) is 0 Å². The van der Waals surface area contributed by atoms with Crippen molar-refractivity contribution in [3.63, 3.8) is 0 Å². The maximum Gasteiger partial charge on any atom is 0.00777 e. The first-order valence-electron chi connectivity index (χ1n) is 5.76. The average molecular weight is 180 g/mol. The van der Waals surface area contributed by atoms with Crippen LogP contribution < -0.4 is 5.32 Å². The summed E-state index contributed by atoms with van der Waals surface area (Å²) < 4.78 is 0. The molecule has 0 aromatic heterocycles. The van der Waals surface area contributed by atoms with E-state index < -0.39 is 0 Å². The van der Waals surface area contributed by atoms with Crippen LogP contribution in [0.1, 0.15) is 52.4 Å². The third kappa shape index (κ3) is 2.46. The van der Waals surface area contributed by atoms with Crippen LogP contribution in [0.3, 0.4) is 0 Å². The van der Waals surface area contributed by atoms with Crippen LogP contribution in [0.15, 0.2) is 0 Å². The van der Waals surface area contributed by atoms with Crippen LogP contribution in [0.25, 0.3) is 0 Å². The van der Waals surface area contributed by atoms with Crippen molar-refractivity contribution in [2.45, 2.75) is 64.5 Å². The molecule has 0 aromatic rings. The van der Waals surface area contributed by atoms with E-state index in [2.05, 4.69) is 25.6 Å². The van der Waals surface area contributed by atoms with Gasteiger partial charge in [-0.05, 0) is 37.5 Å². The molecular formula is C12H22N. The summed E-state index contributed by atoms with van der Waals surface area (Å²) in [5.74, 6) is 0. The number of hydrogen-bond acceptors (Lipinski definition) is 1. The Morgan fingerprint density at radius 3 is 2.38 bits per heavy atom. The molecule has 2 rings (SSSR count). The van der Waals surface area contributed by atoms with Crippen LogP contribution in [0.2, 0.25) is 0 Å². The van der Waals surface area contributed by atoms with Gasteiger partial charge in [0.05, 0.1) is 0 Å². The van der Waals surface area contributed by atoms with Crippen molar-refractivity contribution in [1.82, 2.24) is 5.32 Å². The summed E-state index contributed by atoms with van der Waals surface area (Å²) in [6, 6.07) is 1.62. The van der Waals surface area contributed by atoms with Gasteiger partial charge in [0.1, 0.15) is 0 Å². The van der Waals surface area contributed by atoms with E-state index in [1.807, 2.05) is 0 Å². The van der Waals surface area contributed by atoms with Gasteiger partial charge in [0.15, 0.2) is 0 Å². The third-order valence-electron chi connectivity index (χ3n) is 3.55. The van der Waals surface area contributed by atoms with Crippen molar-refractivity contribution in [1.29, 1.82) is 0 Å². The molecule has 75 valence electrons. The molecule has 13 heavy (non-hydrogen) atoms. The number of rotatable bonds is 2. The molecule has 2 saturated carbocycles. The Labute approximate surface area is 82.3 Å². The fourth-order valence-electron chi connectivity index (χ4n) is 2.82. The Hall–Kier alpha value is -0.0400. The second-order valence-corrected chi connectivity index (χ2v) is 5.48. The first-order valence-corrected chi connectivity index (χ1v) is 5.76. The molecule has 1 nitrogen and oxygen atoms in total. The van der Waals surface area contributed by atoms with Gasteiger partial charge in [-0.2, -0.15) is 0 Å². The molecule has 1 atom stereocenters. The zero-order valence-electron chi connectivity index (χ0n) is 8.97. The van der Waals surface area contributed by atoms with Gasteiger partial charge in [-0.1, -0.05) is 26.7 Å².